The van der Waals surface area contributed by atoms with Gasteiger partial charge in [0.15, 0.2) is 0 Å². The van der Waals surface area contributed by atoms with Gasteiger partial charge < -0.3 is 19.5 Å². The zero-order valence-electron chi connectivity index (χ0n) is 14.2. The summed E-state index contributed by atoms with van der Waals surface area (Å²) in [5.41, 5.74) is 0.196. The Morgan fingerprint density at radius 1 is 1.29 bits per heavy atom. The summed E-state index contributed by atoms with van der Waals surface area (Å²) in [6.07, 6.45) is -0.398. The molecule has 0 aliphatic heterocycles. The predicted molar refractivity (Wildman–Crippen MR) is 102 cm³/mol. The van der Waals surface area contributed by atoms with Crippen LogP contribution in [0.1, 0.15) is 26.3 Å². The van der Waals surface area contributed by atoms with Gasteiger partial charge >= 0.3 is 12.1 Å². The number of benzene rings is 1. The van der Waals surface area contributed by atoms with Crippen molar-refractivity contribution in [2.75, 3.05) is 14.2 Å². The predicted octanol–water partition coefficient (Wildman–Crippen LogP) is 3.67. The van der Waals surface area contributed by atoms with Gasteiger partial charge in [-0.2, -0.15) is 0 Å². The van der Waals surface area contributed by atoms with Gasteiger partial charge in [-0.25, -0.2) is 9.59 Å². The van der Waals surface area contributed by atoms with E-state index in [4.69, 9.17) is 14.2 Å². The van der Waals surface area contributed by atoms with Crippen molar-refractivity contribution in [1.82, 2.24) is 5.32 Å². The van der Waals surface area contributed by atoms with Gasteiger partial charge in [0.25, 0.3) is 0 Å². The van der Waals surface area contributed by atoms with Crippen LogP contribution in [0.15, 0.2) is 16.6 Å². The van der Waals surface area contributed by atoms with Crippen LogP contribution < -0.4 is 10.1 Å². The van der Waals surface area contributed by atoms with Crippen molar-refractivity contribution >= 4 is 50.6 Å². The number of hydrogen-bond donors (Lipinski definition) is 1. The number of halogens is 2. The van der Waals surface area contributed by atoms with E-state index < -0.39 is 23.7 Å². The van der Waals surface area contributed by atoms with E-state index >= 15 is 0 Å². The first-order chi connectivity index (χ1) is 11.1. The first-order valence-corrected chi connectivity index (χ1v) is 9.03. The summed E-state index contributed by atoms with van der Waals surface area (Å²) in [6.45, 7) is 5.26. The van der Waals surface area contributed by atoms with Crippen LogP contribution in [0, 0.1) is 3.57 Å². The molecule has 0 aromatic heterocycles. The van der Waals surface area contributed by atoms with Gasteiger partial charge in [0.05, 0.1) is 22.3 Å². The highest BCUT2D eigenvalue weighted by molar-refractivity contribution is 14.1. The molecule has 0 aliphatic carbocycles. The molecule has 1 rings (SSSR count). The van der Waals surface area contributed by atoms with Gasteiger partial charge in [-0.15, -0.1) is 0 Å². The maximum absolute atomic E-state index is 12.0. The van der Waals surface area contributed by atoms with E-state index in [0.29, 0.717) is 5.75 Å². The normalized spacial score (nSPS) is 12.3. The monoisotopic (exact) mass is 513 g/mol. The molecule has 0 heterocycles. The highest BCUT2D eigenvalue weighted by Gasteiger charge is 2.25. The van der Waals surface area contributed by atoms with E-state index in [-0.39, 0.29) is 6.42 Å². The molecule has 1 amide bonds. The lowest BCUT2D eigenvalue weighted by atomic mass is 10.1. The largest absolute Gasteiger partial charge is 0.494 e. The van der Waals surface area contributed by atoms with E-state index in [1.165, 1.54) is 7.11 Å². The number of amides is 1. The average Bonchev–Trinajstić information content (AvgIpc) is 2.43. The molecule has 1 aromatic carbocycles. The van der Waals surface area contributed by atoms with Crippen molar-refractivity contribution in [3.63, 3.8) is 0 Å². The summed E-state index contributed by atoms with van der Waals surface area (Å²) in [5.74, 6) is 0.178. The standard InChI is InChI=1S/C16H21BrINO5/c1-16(2,3)24-15(21)19-12(14(20)23-5)8-9-6-10(17)13(22-4)11(18)7-9/h6-7,12H,8H2,1-5H3,(H,19,21)/t12-/m0/s1. The molecule has 0 unspecified atom stereocenters. The topological polar surface area (TPSA) is 73.9 Å². The number of ether oxygens (including phenoxy) is 3. The Balaban J connectivity index is 2.95. The Labute approximate surface area is 163 Å². The zero-order chi connectivity index (χ0) is 18.5. The van der Waals surface area contributed by atoms with Crippen molar-refractivity contribution < 1.29 is 23.8 Å². The Kier molecular flexibility index (Phi) is 7.78. The summed E-state index contributed by atoms with van der Waals surface area (Å²) < 4.78 is 16.9. The highest BCUT2D eigenvalue weighted by Crippen LogP contribution is 2.32. The van der Waals surface area contributed by atoms with Gasteiger partial charge in [-0.1, -0.05) is 0 Å². The molecule has 1 N–H and O–H groups in total. The lowest BCUT2D eigenvalue weighted by Gasteiger charge is -2.22. The molecule has 1 atom stereocenters. The first kappa shape index (κ1) is 21.0. The SMILES string of the molecule is COC(=O)[C@H](Cc1cc(Br)c(OC)c(I)c1)NC(=O)OC(C)(C)C. The van der Waals surface area contributed by atoms with Crippen LogP contribution in [0.2, 0.25) is 0 Å². The molecule has 0 radical (unpaired) electrons. The molecule has 8 heteroatoms. The Morgan fingerprint density at radius 2 is 1.92 bits per heavy atom. The molecule has 1 aromatic rings. The third-order valence-electron chi connectivity index (χ3n) is 2.88. The number of rotatable bonds is 5. The fourth-order valence-electron chi connectivity index (χ4n) is 1.95. The van der Waals surface area contributed by atoms with Crippen molar-refractivity contribution in [3.05, 3.63) is 25.7 Å². The van der Waals surface area contributed by atoms with E-state index in [1.807, 2.05) is 12.1 Å². The summed E-state index contributed by atoms with van der Waals surface area (Å²) in [4.78, 5) is 23.9. The van der Waals surface area contributed by atoms with Crippen molar-refractivity contribution in [3.8, 4) is 5.75 Å². The van der Waals surface area contributed by atoms with Crippen LogP contribution in [-0.2, 0) is 20.7 Å². The van der Waals surface area contributed by atoms with Crippen molar-refractivity contribution in [2.24, 2.45) is 0 Å². The van der Waals surface area contributed by atoms with Crippen LogP contribution in [0.5, 0.6) is 5.75 Å². The van der Waals surface area contributed by atoms with E-state index in [2.05, 4.69) is 43.8 Å². The molecule has 0 spiro atoms. The molecular weight excluding hydrogens is 493 g/mol. The van der Waals surface area contributed by atoms with Gasteiger partial charge in [-0.05, 0) is 77.0 Å². The van der Waals surface area contributed by atoms with Gasteiger partial charge in [-0.3, -0.25) is 0 Å². The summed E-state index contributed by atoms with van der Waals surface area (Å²) in [5, 5.41) is 2.56. The fraction of sp³-hybridized carbons (Fsp3) is 0.500. The lowest BCUT2D eigenvalue weighted by molar-refractivity contribution is -0.143. The van der Waals surface area contributed by atoms with Crippen LogP contribution in [0.4, 0.5) is 4.79 Å². The second-order valence-corrected chi connectivity index (χ2v) is 8.04. The smallest absolute Gasteiger partial charge is 0.408 e. The Morgan fingerprint density at radius 3 is 2.38 bits per heavy atom. The van der Waals surface area contributed by atoms with Gasteiger partial charge in [0, 0.05) is 6.42 Å². The Bertz CT molecular complexity index is 592. The number of esters is 1. The first-order valence-electron chi connectivity index (χ1n) is 7.16. The number of methoxy groups -OCH3 is 2. The third-order valence-corrected chi connectivity index (χ3v) is 4.27. The van der Waals surface area contributed by atoms with Crippen LogP contribution in [-0.4, -0.2) is 37.9 Å². The highest BCUT2D eigenvalue weighted by atomic mass is 127. The molecule has 0 fully saturated rings. The average molecular weight is 514 g/mol. The minimum absolute atomic E-state index is 0.268. The molecule has 0 bridgehead atoms. The minimum Gasteiger partial charge on any atom is -0.494 e. The maximum atomic E-state index is 12.0. The molecular formula is C16H21BrINO5. The van der Waals surface area contributed by atoms with Crippen molar-refractivity contribution in [1.29, 1.82) is 0 Å². The van der Waals surface area contributed by atoms with E-state index in [0.717, 1.165) is 13.6 Å². The third kappa shape index (κ3) is 6.46. The molecule has 0 saturated heterocycles. The van der Waals surface area contributed by atoms with E-state index in [1.54, 1.807) is 27.9 Å². The zero-order valence-corrected chi connectivity index (χ0v) is 18.0. The number of alkyl carbamates (subject to hydrolysis) is 1. The second-order valence-electron chi connectivity index (χ2n) is 6.02. The van der Waals surface area contributed by atoms with Gasteiger partial charge in [0.1, 0.15) is 17.4 Å². The molecule has 0 aliphatic rings. The molecule has 24 heavy (non-hydrogen) atoms. The number of carbonyl (C=O) groups is 2. The fourth-order valence-corrected chi connectivity index (χ4v) is 3.90. The molecule has 0 saturated carbocycles. The Hall–Kier alpha value is -1.03. The summed E-state index contributed by atoms with van der Waals surface area (Å²) in [6, 6.07) is 2.88. The lowest BCUT2D eigenvalue weighted by Crippen LogP contribution is -2.45. The number of hydrogen-bond acceptors (Lipinski definition) is 5. The second kappa shape index (κ2) is 8.89. The minimum atomic E-state index is -0.846. The van der Waals surface area contributed by atoms with Crippen LogP contribution in [0.3, 0.4) is 0 Å². The number of nitrogens with one attached hydrogen (secondary N) is 1. The quantitative estimate of drug-likeness (QED) is 0.480. The van der Waals surface area contributed by atoms with Crippen molar-refractivity contribution in [2.45, 2.75) is 38.8 Å². The summed E-state index contributed by atoms with van der Waals surface area (Å²) in [7, 11) is 2.86. The number of carbonyl (C=O) groups excluding carboxylic acids is 2. The van der Waals surface area contributed by atoms with Crippen LogP contribution in [0.25, 0.3) is 0 Å². The van der Waals surface area contributed by atoms with Gasteiger partial charge in [0.2, 0.25) is 0 Å². The van der Waals surface area contributed by atoms with Crippen LogP contribution >= 0.6 is 38.5 Å². The molecule has 134 valence electrons. The molecule has 6 nitrogen and oxygen atoms in total. The van der Waals surface area contributed by atoms with E-state index in [9.17, 15) is 9.59 Å². The maximum Gasteiger partial charge on any atom is 0.408 e. The summed E-state index contributed by atoms with van der Waals surface area (Å²) >= 11 is 5.58.